The van der Waals surface area contributed by atoms with E-state index in [-0.39, 0.29) is 17.5 Å². The van der Waals surface area contributed by atoms with Crippen LogP contribution in [0.1, 0.15) is 31.0 Å². The first-order valence-electron chi connectivity index (χ1n) is 7.71. The summed E-state index contributed by atoms with van der Waals surface area (Å²) in [6, 6.07) is -0.0335. The molecule has 1 unspecified atom stereocenters. The van der Waals surface area contributed by atoms with E-state index in [0.717, 1.165) is 30.1 Å². The summed E-state index contributed by atoms with van der Waals surface area (Å²) in [5.74, 6) is 1.15. The van der Waals surface area contributed by atoms with Gasteiger partial charge in [0.05, 0.1) is 22.2 Å². The Morgan fingerprint density at radius 3 is 2.91 bits per heavy atom. The van der Waals surface area contributed by atoms with Gasteiger partial charge in [0.1, 0.15) is 0 Å². The third-order valence-corrected chi connectivity index (χ3v) is 6.27. The van der Waals surface area contributed by atoms with Gasteiger partial charge in [0.2, 0.25) is 0 Å². The fraction of sp³-hybridized carbons (Fsp3) is 0.714. The summed E-state index contributed by atoms with van der Waals surface area (Å²) < 4.78 is 23.0. The van der Waals surface area contributed by atoms with E-state index in [1.807, 2.05) is 6.92 Å². The normalized spacial score (nSPS) is 21.0. The van der Waals surface area contributed by atoms with Crippen LogP contribution in [0.2, 0.25) is 0 Å². The molecule has 1 aliphatic heterocycles. The van der Waals surface area contributed by atoms with Crippen molar-refractivity contribution in [2.24, 2.45) is 4.99 Å². The zero-order valence-electron chi connectivity index (χ0n) is 13.1. The van der Waals surface area contributed by atoms with Crippen molar-refractivity contribution in [2.75, 3.05) is 24.6 Å². The maximum absolute atomic E-state index is 11.5. The van der Waals surface area contributed by atoms with Crippen LogP contribution in [-0.2, 0) is 22.7 Å². The number of thiazole rings is 1. The van der Waals surface area contributed by atoms with Gasteiger partial charge in [-0.3, -0.25) is 4.99 Å². The SMILES string of the molecule is CCNC(=NCCc1csc(CC)n1)NC1CCS(=O)(=O)C1. The molecule has 1 atom stereocenters. The van der Waals surface area contributed by atoms with Crippen molar-refractivity contribution in [3.63, 3.8) is 0 Å². The maximum Gasteiger partial charge on any atom is 0.191 e. The van der Waals surface area contributed by atoms with Crippen molar-refractivity contribution in [2.45, 2.75) is 39.2 Å². The van der Waals surface area contributed by atoms with Crippen LogP contribution in [0.15, 0.2) is 10.4 Å². The first-order valence-corrected chi connectivity index (χ1v) is 10.4. The molecule has 22 heavy (non-hydrogen) atoms. The highest BCUT2D eigenvalue weighted by Gasteiger charge is 2.28. The van der Waals surface area contributed by atoms with Gasteiger partial charge in [0.15, 0.2) is 15.8 Å². The van der Waals surface area contributed by atoms with E-state index >= 15 is 0 Å². The maximum atomic E-state index is 11.5. The highest BCUT2D eigenvalue weighted by atomic mass is 32.2. The van der Waals surface area contributed by atoms with Crippen LogP contribution in [-0.4, -0.2) is 50.0 Å². The molecule has 0 radical (unpaired) electrons. The van der Waals surface area contributed by atoms with Crippen LogP contribution in [0.4, 0.5) is 0 Å². The zero-order chi connectivity index (χ0) is 16.0. The molecule has 8 heteroatoms. The Labute approximate surface area is 136 Å². The van der Waals surface area contributed by atoms with Crippen LogP contribution in [0.25, 0.3) is 0 Å². The fourth-order valence-electron chi connectivity index (χ4n) is 2.33. The molecule has 1 aromatic rings. The Bertz CT molecular complexity index is 610. The monoisotopic (exact) mass is 344 g/mol. The van der Waals surface area contributed by atoms with E-state index < -0.39 is 9.84 Å². The minimum absolute atomic E-state index is 0.0335. The van der Waals surface area contributed by atoms with E-state index in [4.69, 9.17) is 0 Å². The van der Waals surface area contributed by atoms with Crippen molar-refractivity contribution in [1.29, 1.82) is 0 Å². The molecule has 0 saturated carbocycles. The van der Waals surface area contributed by atoms with Gasteiger partial charge in [-0.25, -0.2) is 13.4 Å². The molecule has 2 heterocycles. The van der Waals surface area contributed by atoms with E-state index in [0.29, 0.717) is 18.9 Å². The van der Waals surface area contributed by atoms with Crippen molar-refractivity contribution in [3.05, 3.63) is 16.1 Å². The second kappa shape index (κ2) is 7.92. The van der Waals surface area contributed by atoms with Gasteiger partial charge in [-0.15, -0.1) is 11.3 Å². The average Bonchev–Trinajstić information content (AvgIpc) is 3.05. The summed E-state index contributed by atoms with van der Waals surface area (Å²) in [4.78, 5) is 9.04. The second-order valence-corrected chi connectivity index (χ2v) is 8.51. The van der Waals surface area contributed by atoms with Gasteiger partial charge in [-0.1, -0.05) is 6.92 Å². The number of sulfone groups is 1. The van der Waals surface area contributed by atoms with Crippen LogP contribution in [0, 0.1) is 0 Å². The molecule has 0 aromatic carbocycles. The third kappa shape index (κ3) is 5.24. The minimum Gasteiger partial charge on any atom is -0.357 e. The number of aromatic nitrogens is 1. The van der Waals surface area contributed by atoms with E-state index in [2.05, 4.69) is 32.9 Å². The molecule has 124 valence electrons. The van der Waals surface area contributed by atoms with Gasteiger partial charge >= 0.3 is 0 Å². The van der Waals surface area contributed by atoms with Gasteiger partial charge < -0.3 is 10.6 Å². The standard InChI is InChI=1S/C14H24N4O2S2/c1-3-13-17-11(9-21-13)5-7-16-14(15-4-2)18-12-6-8-22(19,20)10-12/h9,12H,3-8,10H2,1-2H3,(H2,15,16,18). The van der Waals surface area contributed by atoms with Crippen LogP contribution in [0.3, 0.4) is 0 Å². The lowest BCUT2D eigenvalue weighted by atomic mass is 10.3. The number of aryl methyl sites for hydroxylation is 1. The molecular formula is C14H24N4O2S2. The largest absolute Gasteiger partial charge is 0.357 e. The number of nitrogens with zero attached hydrogens (tertiary/aromatic N) is 2. The highest BCUT2D eigenvalue weighted by molar-refractivity contribution is 7.91. The molecule has 0 aliphatic carbocycles. The molecule has 0 amide bonds. The lowest BCUT2D eigenvalue weighted by molar-refractivity contribution is 0.599. The van der Waals surface area contributed by atoms with Gasteiger partial charge in [0, 0.05) is 30.9 Å². The quantitative estimate of drug-likeness (QED) is 0.594. The van der Waals surface area contributed by atoms with Crippen molar-refractivity contribution in [1.82, 2.24) is 15.6 Å². The summed E-state index contributed by atoms with van der Waals surface area (Å²) in [5.41, 5.74) is 1.07. The molecule has 1 fully saturated rings. The smallest absolute Gasteiger partial charge is 0.191 e. The Kier molecular flexibility index (Phi) is 6.19. The van der Waals surface area contributed by atoms with E-state index in [1.165, 1.54) is 0 Å². The van der Waals surface area contributed by atoms with Crippen molar-refractivity contribution in [3.8, 4) is 0 Å². The topological polar surface area (TPSA) is 83.4 Å². The number of hydrogen-bond acceptors (Lipinski definition) is 5. The van der Waals surface area contributed by atoms with Crippen molar-refractivity contribution < 1.29 is 8.42 Å². The number of aliphatic imine (C=N–C) groups is 1. The Hall–Kier alpha value is -1.15. The average molecular weight is 345 g/mol. The molecule has 1 aromatic heterocycles. The highest BCUT2D eigenvalue weighted by Crippen LogP contribution is 2.12. The van der Waals surface area contributed by atoms with Crippen LogP contribution >= 0.6 is 11.3 Å². The predicted molar refractivity (Wildman–Crippen MR) is 91.4 cm³/mol. The molecule has 2 rings (SSSR count). The predicted octanol–water partition coefficient (Wildman–Crippen LogP) is 0.990. The first kappa shape index (κ1) is 17.2. The summed E-state index contributed by atoms with van der Waals surface area (Å²) in [6.45, 7) is 5.49. The molecule has 6 nitrogen and oxygen atoms in total. The Morgan fingerprint density at radius 2 is 2.32 bits per heavy atom. The Balaban J connectivity index is 1.86. The number of hydrogen-bond donors (Lipinski definition) is 2. The number of guanidine groups is 1. The van der Waals surface area contributed by atoms with Crippen LogP contribution < -0.4 is 10.6 Å². The lowest BCUT2D eigenvalue weighted by Crippen LogP contribution is -2.44. The summed E-state index contributed by atoms with van der Waals surface area (Å²) in [6.07, 6.45) is 2.42. The Morgan fingerprint density at radius 1 is 1.50 bits per heavy atom. The first-order chi connectivity index (χ1) is 10.5. The second-order valence-electron chi connectivity index (χ2n) is 5.34. The molecule has 1 saturated heterocycles. The minimum atomic E-state index is -2.87. The summed E-state index contributed by atoms with van der Waals surface area (Å²) in [5, 5.41) is 9.62. The van der Waals surface area contributed by atoms with Crippen LogP contribution in [0.5, 0.6) is 0 Å². The number of nitrogens with one attached hydrogen (secondary N) is 2. The number of rotatable bonds is 6. The molecular weight excluding hydrogens is 320 g/mol. The fourth-order valence-corrected chi connectivity index (χ4v) is 4.78. The molecule has 0 bridgehead atoms. The lowest BCUT2D eigenvalue weighted by Gasteiger charge is -2.15. The van der Waals surface area contributed by atoms with E-state index in [9.17, 15) is 8.42 Å². The third-order valence-electron chi connectivity index (χ3n) is 3.46. The van der Waals surface area contributed by atoms with E-state index in [1.54, 1.807) is 11.3 Å². The van der Waals surface area contributed by atoms with Gasteiger partial charge in [-0.2, -0.15) is 0 Å². The summed E-state index contributed by atoms with van der Waals surface area (Å²) >= 11 is 1.69. The van der Waals surface area contributed by atoms with Crippen molar-refractivity contribution >= 4 is 27.1 Å². The van der Waals surface area contributed by atoms with Gasteiger partial charge in [0.25, 0.3) is 0 Å². The zero-order valence-corrected chi connectivity index (χ0v) is 14.8. The molecule has 1 aliphatic rings. The molecule has 2 N–H and O–H groups in total. The molecule has 0 spiro atoms. The van der Waals surface area contributed by atoms with Gasteiger partial charge in [-0.05, 0) is 19.8 Å². The summed E-state index contributed by atoms with van der Waals surface area (Å²) in [7, 11) is -2.87.